The lowest BCUT2D eigenvalue weighted by molar-refractivity contribution is -0.137. The highest BCUT2D eigenvalue weighted by atomic mass is 19.4. The van der Waals surface area contributed by atoms with Crippen LogP contribution in [0.3, 0.4) is 0 Å². The highest BCUT2D eigenvalue weighted by Gasteiger charge is 2.31. The lowest BCUT2D eigenvalue weighted by atomic mass is 9.94. The minimum atomic E-state index is -4.44. The van der Waals surface area contributed by atoms with Crippen molar-refractivity contribution in [3.63, 3.8) is 0 Å². The minimum Gasteiger partial charge on any atom is -0.345 e. The molecule has 0 aromatic heterocycles. The van der Waals surface area contributed by atoms with Gasteiger partial charge >= 0.3 is 6.18 Å². The third kappa shape index (κ3) is 4.71. The number of hydrogen-bond acceptors (Lipinski definition) is 2. The van der Waals surface area contributed by atoms with Crippen LogP contribution in [-0.4, -0.2) is 11.7 Å². The van der Waals surface area contributed by atoms with Crippen molar-refractivity contribution in [2.75, 3.05) is 0 Å². The van der Waals surface area contributed by atoms with E-state index in [1.54, 1.807) is 18.2 Å². The Morgan fingerprint density at radius 3 is 2.04 bits per heavy atom. The fraction of sp³-hybridized carbons (Fsp3) is 0.300. The molecule has 0 heterocycles. The summed E-state index contributed by atoms with van der Waals surface area (Å²) in [6.45, 7) is 5.08. The summed E-state index contributed by atoms with van der Waals surface area (Å²) in [6.07, 6.45) is -4.44. The zero-order valence-corrected chi connectivity index (χ0v) is 14.7. The molecule has 0 fully saturated rings. The zero-order chi connectivity index (χ0) is 19.5. The monoisotopic (exact) mass is 363 g/mol. The number of halogens is 3. The molecule has 1 atom stereocenters. The van der Waals surface area contributed by atoms with Crippen molar-refractivity contribution in [1.29, 1.82) is 0 Å². The minimum absolute atomic E-state index is 0.110. The molecule has 26 heavy (non-hydrogen) atoms. The second-order valence-electron chi connectivity index (χ2n) is 6.45. The molecule has 0 saturated carbocycles. The molecule has 0 saturated heterocycles. The lowest BCUT2D eigenvalue weighted by Gasteiger charge is -2.24. The van der Waals surface area contributed by atoms with Crippen molar-refractivity contribution >= 4 is 11.7 Å². The molecule has 0 aliphatic carbocycles. The Kier molecular flexibility index (Phi) is 5.85. The fourth-order valence-electron chi connectivity index (χ4n) is 2.62. The zero-order valence-electron chi connectivity index (χ0n) is 14.7. The number of hydrogen-bond donors (Lipinski definition) is 1. The summed E-state index contributed by atoms with van der Waals surface area (Å²) in [7, 11) is 0. The van der Waals surface area contributed by atoms with Crippen molar-refractivity contribution < 1.29 is 22.8 Å². The molecule has 1 unspecified atom stereocenters. The molecule has 2 aromatic carbocycles. The highest BCUT2D eigenvalue weighted by Crippen LogP contribution is 2.32. The van der Waals surface area contributed by atoms with Gasteiger partial charge in [0, 0.05) is 11.1 Å². The van der Waals surface area contributed by atoms with Crippen molar-refractivity contribution in [2.24, 2.45) is 5.92 Å². The van der Waals surface area contributed by atoms with Crippen LogP contribution in [0.15, 0.2) is 48.5 Å². The predicted molar refractivity (Wildman–Crippen MR) is 92.9 cm³/mol. The second kappa shape index (κ2) is 7.72. The molecular weight excluding hydrogens is 343 g/mol. The Bertz CT molecular complexity index is 795. The number of benzene rings is 2. The molecule has 138 valence electrons. The molecule has 0 radical (unpaired) electrons. The van der Waals surface area contributed by atoms with E-state index in [9.17, 15) is 22.8 Å². The standard InChI is InChI=1S/C20H20F3NO2/c1-12(2)18(16-5-4-6-17(11-16)20(21,22)23)24-19(26)15-9-7-14(8-10-15)13(3)25/h4-12,18H,1-3H3,(H,24,26). The van der Waals surface area contributed by atoms with E-state index in [2.05, 4.69) is 5.32 Å². The van der Waals surface area contributed by atoms with E-state index in [-0.39, 0.29) is 11.7 Å². The molecular formula is C20H20F3NO2. The van der Waals surface area contributed by atoms with Gasteiger partial charge in [-0.1, -0.05) is 38.1 Å². The average Bonchev–Trinajstić information content (AvgIpc) is 2.58. The fourth-order valence-corrected chi connectivity index (χ4v) is 2.62. The second-order valence-corrected chi connectivity index (χ2v) is 6.45. The summed E-state index contributed by atoms with van der Waals surface area (Å²) in [6, 6.07) is 10.5. The van der Waals surface area contributed by atoms with Gasteiger partial charge in [0.25, 0.3) is 5.91 Å². The van der Waals surface area contributed by atoms with Gasteiger partial charge in [-0.2, -0.15) is 13.2 Å². The number of rotatable bonds is 5. The van der Waals surface area contributed by atoms with Gasteiger partial charge in [0.05, 0.1) is 11.6 Å². The summed E-state index contributed by atoms with van der Waals surface area (Å²) in [4.78, 5) is 23.8. The van der Waals surface area contributed by atoms with E-state index >= 15 is 0 Å². The van der Waals surface area contributed by atoms with E-state index in [0.717, 1.165) is 12.1 Å². The molecule has 1 amide bonds. The first-order chi connectivity index (χ1) is 12.1. The van der Waals surface area contributed by atoms with E-state index in [1.165, 1.54) is 25.1 Å². The average molecular weight is 363 g/mol. The smallest absolute Gasteiger partial charge is 0.345 e. The number of ketones is 1. The summed E-state index contributed by atoms with van der Waals surface area (Å²) in [5.74, 6) is -0.629. The molecule has 1 N–H and O–H groups in total. The van der Waals surface area contributed by atoms with Crippen LogP contribution in [0, 0.1) is 5.92 Å². The van der Waals surface area contributed by atoms with Gasteiger partial charge < -0.3 is 5.32 Å². The normalized spacial score (nSPS) is 12.7. The van der Waals surface area contributed by atoms with Gasteiger partial charge in [0.1, 0.15) is 0 Å². The summed E-state index contributed by atoms with van der Waals surface area (Å²) >= 11 is 0. The SMILES string of the molecule is CC(=O)c1ccc(C(=O)NC(c2cccc(C(F)(F)F)c2)C(C)C)cc1. The van der Waals surface area contributed by atoms with Crippen LogP contribution in [0.25, 0.3) is 0 Å². The number of alkyl halides is 3. The van der Waals surface area contributed by atoms with Gasteiger partial charge in [0.15, 0.2) is 5.78 Å². The maximum absolute atomic E-state index is 12.9. The van der Waals surface area contributed by atoms with Crippen LogP contribution in [0.5, 0.6) is 0 Å². The molecule has 3 nitrogen and oxygen atoms in total. The molecule has 0 bridgehead atoms. The van der Waals surface area contributed by atoms with Crippen LogP contribution < -0.4 is 5.32 Å². The van der Waals surface area contributed by atoms with Crippen LogP contribution >= 0.6 is 0 Å². The first-order valence-corrected chi connectivity index (χ1v) is 8.18. The molecule has 0 spiro atoms. The molecule has 2 aromatic rings. The van der Waals surface area contributed by atoms with E-state index < -0.39 is 23.7 Å². The van der Waals surface area contributed by atoms with Crippen LogP contribution in [0.1, 0.15) is 58.7 Å². The van der Waals surface area contributed by atoms with Crippen molar-refractivity contribution in [1.82, 2.24) is 5.32 Å². The van der Waals surface area contributed by atoms with Gasteiger partial charge in [0.2, 0.25) is 0 Å². The topological polar surface area (TPSA) is 46.2 Å². The number of amides is 1. The molecule has 0 aliphatic heterocycles. The van der Waals surface area contributed by atoms with Gasteiger partial charge in [-0.15, -0.1) is 0 Å². The Balaban J connectivity index is 2.25. The number of carbonyl (C=O) groups excluding carboxylic acids is 2. The lowest BCUT2D eigenvalue weighted by Crippen LogP contribution is -2.32. The first-order valence-electron chi connectivity index (χ1n) is 8.18. The Labute approximate surface area is 150 Å². The summed E-state index contributed by atoms with van der Waals surface area (Å²) in [5.41, 5.74) is 0.469. The van der Waals surface area contributed by atoms with Crippen LogP contribution in [0.2, 0.25) is 0 Å². The van der Waals surface area contributed by atoms with Crippen LogP contribution in [-0.2, 0) is 6.18 Å². The van der Waals surface area contributed by atoms with Crippen LogP contribution in [0.4, 0.5) is 13.2 Å². The van der Waals surface area contributed by atoms with Crippen molar-refractivity contribution in [3.05, 3.63) is 70.8 Å². The number of carbonyl (C=O) groups is 2. The van der Waals surface area contributed by atoms with Gasteiger partial charge in [-0.25, -0.2) is 0 Å². The Morgan fingerprint density at radius 2 is 1.54 bits per heavy atom. The molecule has 2 rings (SSSR count). The third-order valence-electron chi connectivity index (χ3n) is 4.08. The van der Waals surface area contributed by atoms with E-state index in [4.69, 9.17) is 0 Å². The van der Waals surface area contributed by atoms with Gasteiger partial charge in [-0.05, 0) is 42.7 Å². The van der Waals surface area contributed by atoms with Crippen molar-refractivity contribution in [2.45, 2.75) is 33.0 Å². The largest absolute Gasteiger partial charge is 0.416 e. The Morgan fingerprint density at radius 1 is 0.962 bits per heavy atom. The molecule has 6 heteroatoms. The third-order valence-corrected chi connectivity index (χ3v) is 4.08. The maximum atomic E-state index is 12.9. The summed E-state index contributed by atoms with van der Waals surface area (Å²) in [5, 5.41) is 2.79. The van der Waals surface area contributed by atoms with E-state index in [1.807, 2.05) is 13.8 Å². The highest BCUT2D eigenvalue weighted by molar-refractivity contribution is 5.97. The van der Waals surface area contributed by atoms with Gasteiger partial charge in [-0.3, -0.25) is 9.59 Å². The maximum Gasteiger partial charge on any atom is 0.416 e. The number of nitrogens with one attached hydrogen (secondary N) is 1. The molecule has 0 aliphatic rings. The summed E-state index contributed by atoms with van der Waals surface area (Å²) < 4.78 is 38.8. The predicted octanol–water partition coefficient (Wildman–Crippen LogP) is 5.04. The quantitative estimate of drug-likeness (QED) is 0.757. The number of Topliss-reactive ketones (excluding diaryl/α,β-unsaturated/α-hetero) is 1. The first kappa shape index (κ1) is 19.7. The Hall–Kier alpha value is -2.63. The van der Waals surface area contributed by atoms with E-state index in [0.29, 0.717) is 16.7 Å². The van der Waals surface area contributed by atoms with Crippen molar-refractivity contribution in [3.8, 4) is 0 Å².